The van der Waals surface area contributed by atoms with Crippen LogP contribution in [0.15, 0.2) is 18.3 Å². The first-order chi connectivity index (χ1) is 12.9. The number of nitrogens with zero attached hydrogens (tertiary/aromatic N) is 3. The van der Waals surface area contributed by atoms with E-state index in [1.807, 2.05) is 32.9 Å². The van der Waals surface area contributed by atoms with E-state index in [0.29, 0.717) is 29.4 Å². The van der Waals surface area contributed by atoms with Gasteiger partial charge in [0.1, 0.15) is 5.38 Å². The number of anilines is 1. The summed E-state index contributed by atoms with van der Waals surface area (Å²) in [5.74, 6) is 0.0689. The van der Waals surface area contributed by atoms with E-state index in [9.17, 15) is 9.59 Å². The van der Waals surface area contributed by atoms with E-state index in [2.05, 4.69) is 15.4 Å². The fourth-order valence-corrected chi connectivity index (χ4v) is 4.32. The molecule has 3 rings (SSSR count). The maximum absolute atomic E-state index is 12.6. The first kappa shape index (κ1) is 19.8. The highest BCUT2D eigenvalue weighted by atomic mass is 35.5. The SMILES string of the molecule is CCCCC(=O)Nc1nc2ccc3c(cnn3C(=O)C(Cl)CC(C)C)c2s1. The Balaban J connectivity index is 1.90. The quantitative estimate of drug-likeness (QED) is 0.556. The summed E-state index contributed by atoms with van der Waals surface area (Å²) in [6, 6.07) is 3.66. The van der Waals surface area contributed by atoms with Crippen molar-refractivity contribution in [3.63, 3.8) is 0 Å². The fourth-order valence-electron chi connectivity index (χ4n) is 2.88. The Hall–Kier alpha value is -1.99. The van der Waals surface area contributed by atoms with E-state index < -0.39 is 5.38 Å². The minimum absolute atomic E-state index is 0.0308. The van der Waals surface area contributed by atoms with Gasteiger partial charge in [0, 0.05) is 11.8 Å². The van der Waals surface area contributed by atoms with Crippen LogP contribution in [0.1, 0.15) is 51.2 Å². The van der Waals surface area contributed by atoms with Crippen molar-refractivity contribution in [2.24, 2.45) is 5.92 Å². The molecule has 0 spiro atoms. The molecule has 0 fully saturated rings. The molecule has 144 valence electrons. The molecule has 6 nitrogen and oxygen atoms in total. The molecular formula is C19H23ClN4O2S. The van der Waals surface area contributed by atoms with Gasteiger partial charge in [-0.15, -0.1) is 11.6 Å². The number of hydrogen-bond acceptors (Lipinski definition) is 5. The highest BCUT2D eigenvalue weighted by Gasteiger charge is 2.22. The molecule has 2 aromatic heterocycles. The molecule has 0 aliphatic heterocycles. The maximum atomic E-state index is 12.6. The minimum Gasteiger partial charge on any atom is -0.302 e. The number of carbonyl (C=O) groups is 2. The zero-order valence-corrected chi connectivity index (χ0v) is 17.2. The number of benzene rings is 1. The second-order valence-corrected chi connectivity index (χ2v) is 8.53. The standard InChI is InChI=1S/C19H23ClN4O2S/c1-4-5-6-16(25)23-19-22-14-7-8-15-12(17(14)27-19)10-21-24(15)18(26)13(20)9-11(2)3/h7-8,10-11,13H,4-6,9H2,1-3H3,(H,22,23,25). The van der Waals surface area contributed by atoms with E-state index in [0.717, 1.165) is 28.4 Å². The molecule has 1 aromatic carbocycles. The van der Waals surface area contributed by atoms with Gasteiger partial charge in [-0.05, 0) is 30.9 Å². The van der Waals surface area contributed by atoms with Crippen molar-refractivity contribution in [3.05, 3.63) is 18.3 Å². The Kier molecular flexibility index (Phi) is 6.11. The minimum atomic E-state index is -0.612. The molecule has 0 aliphatic carbocycles. The van der Waals surface area contributed by atoms with Crippen LogP contribution in [0.5, 0.6) is 0 Å². The van der Waals surface area contributed by atoms with Crippen LogP contribution in [0.25, 0.3) is 21.1 Å². The number of hydrogen-bond donors (Lipinski definition) is 1. The van der Waals surface area contributed by atoms with Gasteiger partial charge in [-0.1, -0.05) is 38.5 Å². The summed E-state index contributed by atoms with van der Waals surface area (Å²) in [6.45, 7) is 6.11. The zero-order chi connectivity index (χ0) is 19.6. The Morgan fingerprint density at radius 1 is 1.33 bits per heavy atom. The molecule has 1 N–H and O–H groups in total. The number of aromatic nitrogens is 3. The lowest BCUT2D eigenvalue weighted by Crippen LogP contribution is -2.24. The van der Waals surface area contributed by atoms with Gasteiger partial charge >= 0.3 is 0 Å². The fraction of sp³-hybridized carbons (Fsp3) is 0.474. The van der Waals surface area contributed by atoms with Crippen molar-refractivity contribution in [1.82, 2.24) is 14.8 Å². The Morgan fingerprint density at radius 3 is 2.81 bits per heavy atom. The van der Waals surface area contributed by atoms with Crippen LogP contribution >= 0.6 is 22.9 Å². The maximum Gasteiger partial charge on any atom is 0.265 e. The highest BCUT2D eigenvalue weighted by Crippen LogP contribution is 2.33. The van der Waals surface area contributed by atoms with Gasteiger partial charge < -0.3 is 5.32 Å². The van der Waals surface area contributed by atoms with Gasteiger partial charge in [0.25, 0.3) is 5.91 Å². The number of rotatable bonds is 7. The molecule has 8 heteroatoms. The predicted molar refractivity (Wildman–Crippen MR) is 111 cm³/mol. The number of amides is 1. The summed E-state index contributed by atoms with van der Waals surface area (Å²) in [5.41, 5.74) is 1.48. The van der Waals surface area contributed by atoms with E-state index in [4.69, 9.17) is 11.6 Å². The van der Waals surface area contributed by atoms with Crippen molar-refractivity contribution < 1.29 is 9.59 Å². The average molecular weight is 407 g/mol. The third-order valence-corrected chi connectivity index (χ3v) is 5.65. The number of halogens is 1. The molecular weight excluding hydrogens is 384 g/mol. The topological polar surface area (TPSA) is 76.9 Å². The third-order valence-electron chi connectivity index (χ3n) is 4.26. The van der Waals surface area contributed by atoms with Gasteiger partial charge in [0.15, 0.2) is 5.13 Å². The highest BCUT2D eigenvalue weighted by molar-refractivity contribution is 7.23. The molecule has 3 aromatic rings. The third kappa shape index (κ3) is 4.30. The van der Waals surface area contributed by atoms with Crippen LogP contribution in [0.4, 0.5) is 5.13 Å². The van der Waals surface area contributed by atoms with Crippen LogP contribution in [-0.2, 0) is 4.79 Å². The molecule has 0 bridgehead atoms. The van der Waals surface area contributed by atoms with Gasteiger partial charge in [-0.3, -0.25) is 9.59 Å². The first-order valence-corrected chi connectivity index (χ1v) is 10.4. The van der Waals surface area contributed by atoms with E-state index in [1.54, 1.807) is 6.20 Å². The molecule has 1 atom stereocenters. The largest absolute Gasteiger partial charge is 0.302 e. The van der Waals surface area contributed by atoms with E-state index >= 15 is 0 Å². The second-order valence-electron chi connectivity index (χ2n) is 7.01. The summed E-state index contributed by atoms with van der Waals surface area (Å²) in [4.78, 5) is 29.1. The lowest BCUT2D eigenvalue weighted by molar-refractivity contribution is -0.116. The number of carbonyl (C=O) groups excluding carboxylic acids is 2. The second kappa shape index (κ2) is 8.35. The van der Waals surface area contributed by atoms with Gasteiger partial charge in [0.2, 0.25) is 5.91 Å². The van der Waals surface area contributed by atoms with Crippen LogP contribution in [-0.4, -0.2) is 32.0 Å². The molecule has 1 amide bonds. The number of thiazole rings is 1. The summed E-state index contributed by atoms with van der Waals surface area (Å²) in [6.07, 6.45) is 4.57. The van der Waals surface area contributed by atoms with Crippen LogP contribution < -0.4 is 5.32 Å². The summed E-state index contributed by atoms with van der Waals surface area (Å²) < 4.78 is 2.26. The Bertz CT molecular complexity index is 979. The Morgan fingerprint density at radius 2 is 2.11 bits per heavy atom. The number of fused-ring (bicyclic) bond motifs is 3. The van der Waals surface area contributed by atoms with Crippen molar-refractivity contribution in [3.8, 4) is 0 Å². The van der Waals surface area contributed by atoms with Gasteiger partial charge in [0.05, 0.1) is 21.9 Å². The zero-order valence-electron chi connectivity index (χ0n) is 15.7. The molecule has 0 aliphatic rings. The predicted octanol–water partition coefficient (Wildman–Crippen LogP) is 5.07. The van der Waals surface area contributed by atoms with Gasteiger partial charge in [-0.25, -0.2) is 4.98 Å². The van der Waals surface area contributed by atoms with Crippen LogP contribution in [0, 0.1) is 5.92 Å². The number of alkyl halides is 1. The van der Waals surface area contributed by atoms with Crippen molar-refractivity contribution in [2.75, 3.05) is 5.32 Å². The van der Waals surface area contributed by atoms with Crippen LogP contribution in [0.2, 0.25) is 0 Å². The average Bonchev–Trinajstić information content (AvgIpc) is 3.21. The van der Waals surface area contributed by atoms with Crippen LogP contribution in [0.3, 0.4) is 0 Å². The normalized spacial score (nSPS) is 12.8. The summed E-state index contributed by atoms with van der Waals surface area (Å²) in [5, 5.41) is 7.90. The van der Waals surface area contributed by atoms with Crippen molar-refractivity contribution in [1.29, 1.82) is 0 Å². The lowest BCUT2D eigenvalue weighted by atomic mass is 10.1. The molecule has 1 unspecified atom stereocenters. The van der Waals surface area contributed by atoms with Gasteiger partial charge in [-0.2, -0.15) is 9.78 Å². The molecule has 0 saturated carbocycles. The van der Waals surface area contributed by atoms with E-state index in [-0.39, 0.29) is 11.8 Å². The lowest BCUT2D eigenvalue weighted by Gasteiger charge is -2.11. The monoisotopic (exact) mass is 406 g/mol. The molecule has 27 heavy (non-hydrogen) atoms. The molecule has 0 radical (unpaired) electrons. The van der Waals surface area contributed by atoms with E-state index in [1.165, 1.54) is 16.0 Å². The smallest absolute Gasteiger partial charge is 0.265 e. The van der Waals surface area contributed by atoms with Crippen molar-refractivity contribution in [2.45, 2.75) is 51.8 Å². The summed E-state index contributed by atoms with van der Waals surface area (Å²) >= 11 is 7.66. The number of unbranched alkanes of at least 4 members (excludes halogenated alkanes) is 1. The van der Waals surface area contributed by atoms with Crippen molar-refractivity contribution >= 4 is 61.0 Å². The number of nitrogens with one attached hydrogen (secondary N) is 1. The Labute approximate surface area is 166 Å². The molecule has 2 heterocycles. The summed E-state index contributed by atoms with van der Waals surface area (Å²) in [7, 11) is 0. The first-order valence-electron chi connectivity index (χ1n) is 9.16. The molecule has 0 saturated heterocycles.